The molecule has 1 aliphatic rings. The quantitative estimate of drug-likeness (QED) is 0.266. The molecule has 0 fully saturated rings. The predicted octanol–water partition coefficient (Wildman–Crippen LogP) is 5.29. The highest BCUT2D eigenvalue weighted by molar-refractivity contribution is 7.93. The Hall–Kier alpha value is -4.17. The maximum absolute atomic E-state index is 13.9. The largest absolute Gasteiger partial charge is 0.352 e. The third-order valence-corrected chi connectivity index (χ3v) is 9.19. The smallest absolute Gasteiger partial charge is 0.265 e. The van der Waals surface area contributed by atoms with Gasteiger partial charge in [0.15, 0.2) is 0 Å². The van der Waals surface area contributed by atoms with Crippen LogP contribution in [0.2, 0.25) is 0 Å². The van der Waals surface area contributed by atoms with E-state index in [1.165, 1.54) is 4.31 Å². The van der Waals surface area contributed by atoms with Gasteiger partial charge < -0.3 is 10.2 Å². The summed E-state index contributed by atoms with van der Waals surface area (Å²) in [4.78, 5) is 29.3. The first-order valence-corrected chi connectivity index (χ1v) is 15.4. The van der Waals surface area contributed by atoms with E-state index in [2.05, 4.69) is 5.32 Å². The van der Waals surface area contributed by atoms with Crippen LogP contribution in [-0.2, 0) is 32.6 Å². The zero-order chi connectivity index (χ0) is 29.0. The normalized spacial score (nSPS) is 14.3. The number of sulfonamides is 1. The van der Waals surface area contributed by atoms with E-state index in [1.807, 2.05) is 98.8 Å². The summed E-state index contributed by atoms with van der Waals surface area (Å²) in [6.07, 6.45) is 0.790. The standard InChI is InChI=1S/C33H35N3O4S/c1-24(2)34-33(38)29(22-25-12-5-3-6-13-25)35(23-26-14-7-4-8-15-26)31(37)20-11-21-36-28-18-9-16-27-17-10-19-30(32(27)28)41(36,39)40/h3-10,12-19,24,29H,11,20-23H2,1-2H3,(H,34,38). The van der Waals surface area contributed by atoms with Gasteiger partial charge in [0.2, 0.25) is 11.8 Å². The zero-order valence-electron chi connectivity index (χ0n) is 23.4. The van der Waals surface area contributed by atoms with Crippen molar-refractivity contribution in [1.82, 2.24) is 10.2 Å². The topological polar surface area (TPSA) is 86.8 Å². The maximum atomic E-state index is 13.9. The Bertz CT molecular complexity index is 1630. The van der Waals surface area contributed by atoms with Crippen LogP contribution in [-0.4, -0.2) is 43.8 Å². The van der Waals surface area contributed by atoms with Crippen molar-refractivity contribution >= 4 is 38.3 Å². The van der Waals surface area contributed by atoms with Gasteiger partial charge >= 0.3 is 0 Å². The van der Waals surface area contributed by atoms with Gasteiger partial charge in [0.05, 0.1) is 10.6 Å². The number of nitrogens with one attached hydrogen (secondary N) is 1. The molecule has 8 heteroatoms. The van der Waals surface area contributed by atoms with Gasteiger partial charge in [-0.25, -0.2) is 8.42 Å². The van der Waals surface area contributed by atoms with Gasteiger partial charge in [-0.3, -0.25) is 13.9 Å². The summed E-state index contributed by atoms with van der Waals surface area (Å²) in [6, 6.07) is 29.3. The first-order valence-electron chi connectivity index (χ1n) is 14.0. The highest BCUT2D eigenvalue weighted by atomic mass is 32.2. The van der Waals surface area contributed by atoms with Gasteiger partial charge in [0.1, 0.15) is 6.04 Å². The number of hydrogen-bond donors (Lipinski definition) is 1. The molecule has 4 aromatic rings. The van der Waals surface area contributed by atoms with Crippen molar-refractivity contribution in [2.24, 2.45) is 0 Å². The highest BCUT2D eigenvalue weighted by Crippen LogP contribution is 2.42. The van der Waals surface area contributed by atoms with Gasteiger partial charge in [-0.2, -0.15) is 0 Å². The monoisotopic (exact) mass is 569 g/mol. The molecule has 1 atom stereocenters. The lowest BCUT2D eigenvalue weighted by molar-refractivity contribution is -0.141. The molecule has 0 aliphatic carbocycles. The Kier molecular flexibility index (Phi) is 8.40. The van der Waals surface area contributed by atoms with Crippen molar-refractivity contribution in [2.75, 3.05) is 10.8 Å². The molecule has 0 radical (unpaired) electrons. The molecule has 7 nitrogen and oxygen atoms in total. The molecule has 0 aromatic heterocycles. The molecule has 1 heterocycles. The minimum atomic E-state index is -3.70. The Morgan fingerprint density at radius 2 is 1.46 bits per heavy atom. The third kappa shape index (κ3) is 6.12. The fourth-order valence-electron chi connectivity index (χ4n) is 5.43. The van der Waals surface area contributed by atoms with Crippen molar-refractivity contribution in [3.63, 3.8) is 0 Å². The zero-order valence-corrected chi connectivity index (χ0v) is 24.2. The highest BCUT2D eigenvalue weighted by Gasteiger charge is 2.36. The molecular formula is C33H35N3O4S. The number of amides is 2. The van der Waals surface area contributed by atoms with Crippen LogP contribution in [0.5, 0.6) is 0 Å². The van der Waals surface area contributed by atoms with Gasteiger partial charge in [0, 0.05) is 37.4 Å². The van der Waals surface area contributed by atoms with Crippen LogP contribution in [0.1, 0.15) is 37.8 Å². The summed E-state index contributed by atoms with van der Waals surface area (Å²) < 4.78 is 28.2. The van der Waals surface area contributed by atoms with E-state index in [1.54, 1.807) is 17.0 Å². The maximum Gasteiger partial charge on any atom is 0.265 e. The molecule has 0 spiro atoms. The lowest BCUT2D eigenvalue weighted by atomic mass is 10.0. The van der Waals surface area contributed by atoms with Crippen LogP contribution >= 0.6 is 0 Å². The van der Waals surface area contributed by atoms with E-state index in [0.717, 1.165) is 21.9 Å². The summed E-state index contributed by atoms with van der Waals surface area (Å²) in [5, 5.41) is 4.59. The molecule has 4 aromatic carbocycles. The lowest BCUT2D eigenvalue weighted by Gasteiger charge is -2.32. The van der Waals surface area contributed by atoms with Crippen LogP contribution in [0.4, 0.5) is 5.69 Å². The summed E-state index contributed by atoms with van der Waals surface area (Å²) >= 11 is 0. The lowest BCUT2D eigenvalue weighted by Crippen LogP contribution is -2.51. The number of anilines is 1. The number of benzene rings is 4. The van der Waals surface area contributed by atoms with E-state index in [9.17, 15) is 18.0 Å². The number of carbonyl (C=O) groups excluding carboxylic acids is 2. The van der Waals surface area contributed by atoms with Crippen molar-refractivity contribution in [2.45, 2.75) is 56.6 Å². The number of nitrogens with zero attached hydrogens (tertiary/aromatic N) is 2. The molecule has 1 unspecified atom stereocenters. The Labute approximate surface area is 241 Å². The summed E-state index contributed by atoms with van der Waals surface area (Å²) in [5.41, 5.74) is 2.52. The molecular weight excluding hydrogens is 534 g/mol. The van der Waals surface area contributed by atoms with Gasteiger partial charge in [-0.1, -0.05) is 84.9 Å². The first-order chi connectivity index (χ1) is 19.8. The third-order valence-electron chi connectivity index (χ3n) is 7.33. The van der Waals surface area contributed by atoms with Crippen LogP contribution in [0, 0.1) is 0 Å². The van der Waals surface area contributed by atoms with Crippen LogP contribution in [0.15, 0.2) is 102 Å². The van der Waals surface area contributed by atoms with Crippen molar-refractivity contribution in [3.05, 3.63) is 108 Å². The number of rotatable bonds is 11. The molecule has 0 saturated carbocycles. The van der Waals surface area contributed by atoms with E-state index in [4.69, 9.17) is 0 Å². The predicted molar refractivity (Wildman–Crippen MR) is 162 cm³/mol. The van der Waals surface area contributed by atoms with Crippen LogP contribution in [0.3, 0.4) is 0 Å². The van der Waals surface area contributed by atoms with Crippen molar-refractivity contribution in [3.8, 4) is 0 Å². The van der Waals surface area contributed by atoms with Crippen molar-refractivity contribution < 1.29 is 18.0 Å². The fraction of sp³-hybridized carbons (Fsp3) is 0.273. The van der Waals surface area contributed by atoms with E-state index in [-0.39, 0.29) is 37.4 Å². The van der Waals surface area contributed by atoms with Gasteiger partial charge in [-0.05, 0) is 48.9 Å². The van der Waals surface area contributed by atoms with Crippen LogP contribution < -0.4 is 9.62 Å². The first kappa shape index (κ1) is 28.4. The molecule has 1 aliphatic heterocycles. The Balaban J connectivity index is 1.38. The summed E-state index contributed by atoms with van der Waals surface area (Å²) in [6.45, 7) is 4.24. The summed E-state index contributed by atoms with van der Waals surface area (Å²) in [5.74, 6) is -0.404. The van der Waals surface area contributed by atoms with E-state index < -0.39 is 16.1 Å². The fourth-order valence-corrected chi connectivity index (χ4v) is 7.18. The minimum absolute atomic E-state index is 0.0841. The van der Waals surface area contributed by atoms with Crippen LogP contribution in [0.25, 0.3) is 10.8 Å². The average Bonchev–Trinajstić information content (AvgIpc) is 3.18. The Morgan fingerprint density at radius 3 is 2.12 bits per heavy atom. The molecule has 5 rings (SSSR count). The SMILES string of the molecule is CC(C)NC(=O)C(Cc1ccccc1)N(Cc1ccccc1)C(=O)CCCN1c2cccc3cccc(c23)S1(=O)=O. The van der Waals surface area contributed by atoms with E-state index in [0.29, 0.717) is 23.4 Å². The number of hydrogen-bond acceptors (Lipinski definition) is 4. The van der Waals surface area contributed by atoms with Gasteiger partial charge in [0.25, 0.3) is 10.0 Å². The molecule has 0 bridgehead atoms. The van der Waals surface area contributed by atoms with Crippen molar-refractivity contribution in [1.29, 1.82) is 0 Å². The van der Waals surface area contributed by atoms with Gasteiger partial charge in [-0.15, -0.1) is 0 Å². The molecule has 41 heavy (non-hydrogen) atoms. The molecule has 212 valence electrons. The second kappa shape index (κ2) is 12.1. The Morgan fingerprint density at radius 1 is 0.829 bits per heavy atom. The van der Waals surface area contributed by atoms with E-state index >= 15 is 0 Å². The molecule has 2 amide bonds. The second-order valence-corrected chi connectivity index (χ2v) is 12.5. The second-order valence-electron chi connectivity index (χ2n) is 10.7. The number of carbonyl (C=O) groups is 2. The molecule has 0 saturated heterocycles. The average molecular weight is 570 g/mol. The molecule has 1 N–H and O–H groups in total. The minimum Gasteiger partial charge on any atom is -0.352 e. The summed E-state index contributed by atoms with van der Waals surface area (Å²) in [7, 11) is -3.70.